The zero-order valence-corrected chi connectivity index (χ0v) is 12.4. The van der Waals surface area contributed by atoms with Gasteiger partial charge in [-0.15, -0.1) is 0 Å². The molecule has 2 N–H and O–H groups in total. The van der Waals surface area contributed by atoms with E-state index in [9.17, 15) is 9.59 Å². The Kier molecular flexibility index (Phi) is 3.68. The van der Waals surface area contributed by atoms with Gasteiger partial charge in [0, 0.05) is 6.20 Å². The fourth-order valence-electron chi connectivity index (χ4n) is 2.12. The third-order valence-electron chi connectivity index (χ3n) is 3.19. The molecule has 112 valence electrons. The number of hydrogen-bond donors (Lipinski definition) is 2. The molecular weight excluding hydrogens is 306 g/mol. The first-order chi connectivity index (χ1) is 10.5. The smallest absolute Gasteiger partial charge is 0.355 e. The van der Waals surface area contributed by atoms with Crippen LogP contribution in [0.4, 0.5) is 0 Å². The van der Waals surface area contributed by atoms with Crippen LogP contribution in [0.15, 0.2) is 35.3 Å². The van der Waals surface area contributed by atoms with Crippen molar-refractivity contribution in [2.75, 3.05) is 0 Å². The number of nitrogens with zero attached hydrogens (tertiary/aromatic N) is 1. The highest BCUT2D eigenvalue weighted by Gasteiger charge is 2.12. The molecule has 0 bridgehead atoms. The Morgan fingerprint density at radius 1 is 1.41 bits per heavy atom. The van der Waals surface area contributed by atoms with Crippen LogP contribution in [0.1, 0.15) is 21.9 Å². The number of carbonyl (C=O) groups excluding carboxylic acids is 1. The van der Waals surface area contributed by atoms with Crippen LogP contribution < -0.4 is 5.56 Å². The SMILES string of the molecule is Cc1cccc2c(=O)[nH]c(COC(=O)c3cc(Cl)c[nH]3)nc12. The molecule has 2 heterocycles. The van der Waals surface area contributed by atoms with E-state index in [1.54, 1.807) is 12.1 Å². The first-order valence-corrected chi connectivity index (χ1v) is 6.92. The molecule has 0 atom stereocenters. The van der Waals surface area contributed by atoms with E-state index in [0.717, 1.165) is 5.56 Å². The van der Waals surface area contributed by atoms with Gasteiger partial charge in [-0.3, -0.25) is 4.79 Å². The number of carbonyl (C=O) groups is 1. The van der Waals surface area contributed by atoms with Gasteiger partial charge in [0.2, 0.25) is 0 Å². The molecular formula is C15H12ClN3O3. The molecule has 0 aliphatic heterocycles. The number of aromatic amines is 2. The van der Waals surface area contributed by atoms with Crippen LogP contribution in [0.3, 0.4) is 0 Å². The molecule has 0 aliphatic carbocycles. The number of nitrogens with one attached hydrogen (secondary N) is 2. The minimum Gasteiger partial charge on any atom is -0.453 e. The Morgan fingerprint density at radius 3 is 2.95 bits per heavy atom. The predicted octanol–water partition coefficient (Wildman–Crippen LogP) is 2.57. The Hall–Kier alpha value is -2.60. The van der Waals surface area contributed by atoms with Gasteiger partial charge in [0.25, 0.3) is 5.56 Å². The third-order valence-corrected chi connectivity index (χ3v) is 3.41. The van der Waals surface area contributed by atoms with Crippen LogP contribution in [0.5, 0.6) is 0 Å². The lowest BCUT2D eigenvalue weighted by atomic mass is 10.1. The topological polar surface area (TPSA) is 87.8 Å². The first-order valence-electron chi connectivity index (χ1n) is 6.54. The maximum Gasteiger partial charge on any atom is 0.355 e. The molecule has 0 aliphatic rings. The second kappa shape index (κ2) is 5.65. The summed E-state index contributed by atoms with van der Waals surface area (Å²) in [5.74, 6) is -0.280. The molecule has 0 unspecified atom stereocenters. The maximum absolute atomic E-state index is 12.0. The van der Waals surface area contributed by atoms with E-state index < -0.39 is 5.97 Å². The lowest BCUT2D eigenvalue weighted by Crippen LogP contribution is -2.15. The summed E-state index contributed by atoms with van der Waals surface area (Å²) in [5.41, 5.74) is 1.46. The normalized spacial score (nSPS) is 10.8. The third kappa shape index (κ3) is 2.73. The fourth-order valence-corrected chi connectivity index (χ4v) is 2.28. The van der Waals surface area contributed by atoms with Crippen LogP contribution in [-0.2, 0) is 11.3 Å². The zero-order chi connectivity index (χ0) is 15.7. The van der Waals surface area contributed by atoms with E-state index in [0.29, 0.717) is 15.9 Å². The summed E-state index contributed by atoms with van der Waals surface area (Å²) in [7, 11) is 0. The van der Waals surface area contributed by atoms with Gasteiger partial charge in [-0.2, -0.15) is 0 Å². The lowest BCUT2D eigenvalue weighted by Gasteiger charge is -2.06. The van der Waals surface area contributed by atoms with Crippen LogP contribution in [0.25, 0.3) is 10.9 Å². The van der Waals surface area contributed by atoms with Crippen molar-refractivity contribution in [3.63, 3.8) is 0 Å². The van der Waals surface area contributed by atoms with Gasteiger partial charge in [-0.1, -0.05) is 23.7 Å². The van der Waals surface area contributed by atoms with Gasteiger partial charge >= 0.3 is 5.97 Å². The van der Waals surface area contributed by atoms with Gasteiger partial charge in [0.15, 0.2) is 0 Å². The standard InChI is InChI=1S/C15H12ClN3O3/c1-8-3-2-4-10-13(8)18-12(19-14(10)20)7-22-15(21)11-5-9(16)6-17-11/h2-6,17H,7H2,1H3,(H,18,19,20). The molecule has 0 saturated carbocycles. The van der Waals surface area contributed by atoms with Crippen molar-refractivity contribution in [3.05, 3.63) is 62.9 Å². The quantitative estimate of drug-likeness (QED) is 0.727. The van der Waals surface area contributed by atoms with E-state index in [1.165, 1.54) is 12.3 Å². The number of hydrogen-bond acceptors (Lipinski definition) is 4. The molecule has 6 nitrogen and oxygen atoms in total. The predicted molar refractivity (Wildman–Crippen MR) is 82.0 cm³/mol. The number of halogens is 1. The average Bonchev–Trinajstić information content (AvgIpc) is 2.93. The van der Waals surface area contributed by atoms with E-state index in [1.807, 2.05) is 13.0 Å². The molecule has 1 aromatic carbocycles. The van der Waals surface area contributed by atoms with Crippen LogP contribution >= 0.6 is 11.6 Å². The molecule has 7 heteroatoms. The Balaban J connectivity index is 1.84. The van der Waals surface area contributed by atoms with Crippen molar-refractivity contribution in [1.82, 2.24) is 15.0 Å². The van der Waals surface area contributed by atoms with E-state index in [4.69, 9.17) is 16.3 Å². The molecule has 0 amide bonds. The number of aromatic nitrogens is 3. The summed E-state index contributed by atoms with van der Waals surface area (Å²) in [5, 5.41) is 0.922. The molecule has 2 aromatic heterocycles. The van der Waals surface area contributed by atoms with Crippen molar-refractivity contribution >= 4 is 28.5 Å². The number of para-hydroxylation sites is 1. The zero-order valence-electron chi connectivity index (χ0n) is 11.6. The molecule has 0 radical (unpaired) electrons. The van der Waals surface area contributed by atoms with Gasteiger partial charge in [-0.25, -0.2) is 9.78 Å². The highest BCUT2D eigenvalue weighted by Crippen LogP contribution is 2.13. The number of esters is 1. The molecule has 0 fully saturated rings. The average molecular weight is 318 g/mol. The van der Waals surface area contributed by atoms with Gasteiger partial charge in [0.05, 0.1) is 15.9 Å². The van der Waals surface area contributed by atoms with Crippen molar-refractivity contribution in [2.45, 2.75) is 13.5 Å². The maximum atomic E-state index is 12.0. The van der Waals surface area contributed by atoms with Crippen LogP contribution in [0, 0.1) is 6.92 Å². The Labute approximate surface area is 130 Å². The summed E-state index contributed by atoms with van der Waals surface area (Å²) in [6, 6.07) is 6.82. The minimum absolute atomic E-state index is 0.130. The number of ether oxygens (including phenoxy) is 1. The van der Waals surface area contributed by atoms with E-state index in [-0.39, 0.29) is 23.7 Å². The fraction of sp³-hybridized carbons (Fsp3) is 0.133. The Bertz CT molecular complexity index is 914. The monoisotopic (exact) mass is 317 g/mol. The summed E-state index contributed by atoms with van der Waals surface area (Å²) >= 11 is 5.73. The summed E-state index contributed by atoms with van der Waals surface area (Å²) < 4.78 is 5.11. The summed E-state index contributed by atoms with van der Waals surface area (Å²) in [6.07, 6.45) is 1.48. The van der Waals surface area contributed by atoms with Crippen LogP contribution in [-0.4, -0.2) is 20.9 Å². The summed E-state index contributed by atoms with van der Waals surface area (Å²) in [4.78, 5) is 33.5. The number of benzene rings is 1. The lowest BCUT2D eigenvalue weighted by molar-refractivity contribution is 0.0456. The van der Waals surface area contributed by atoms with Crippen molar-refractivity contribution in [2.24, 2.45) is 0 Å². The number of H-pyrrole nitrogens is 2. The first kappa shape index (κ1) is 14.3. The number of rotatable bonds is 3. The molecule has 3 aromatic rings. The van der Waals surface area contributed by atoms with Crippen LogP contribution in [0.2, 0.25) is 5.02 Å². The number of fused-ring (bicyclic) bond motifs is 1. The van der Waals surface area contributed by atoms with E-state index >= 15 is 0 Å². The number of aryl methyl sites for hydroxylation is 1. The summed E-state index contributed by atoms with van der Waals surface area (Å²) in [6.45, 7) is 1.74. The second-order valence-electron chi connectivity index (χ2n) is 4.79. The van der Waals surface area contributed by atoms with Gasteiger partial charge < -0.3 is 14.7 Å². The van der Waals surface area contributed by atoms with Crippen molar-refractivity contribution in [1.29, 1.82) is 0 Å². The highest BCUT2D eigenvalue weighted by molar-refractivity contribution is 6.30. The van der Waals surface area contributed by atoms with Gasteiger partial charge in [-0.05, 0) is 24.6 Å². The molecule has 22 heavy (non-hydrogen) atoms. The Morgan fingerprint density at radius 2 is 2.23 bits per heavy atom. The van der Waals surface area contributed by atoms with Gasteiger partial charge in [0.1, 0.15) is 18.1 Å². The van der Waals surface area contributed by atoms with Crippen molar-refractivity contribution in [3.8, 4) is 0 Å². The minimum atomic E-state index is -0.570. The molecule has 3 rings (SSSR count). The van der Waals surface area contributed by atoms with E-state index in [2.05, 4.69) is 15.0 Å². The van der Waals surface area contributed by atoms with Crippen molar-refractivity contribution < 1.29 is 9.53 Å². The molecule has 0 saturated heterocycles. The highest BCUT2D eigenvalue weighted by atomic mass is 35.5. The molecule has 0 spiro atoms. The largest absolute Gasteiger partial charge is 0.453 e. The second-order valence-corrected chi connectivity index (χ2v) is 5.23.